The first kappa shape index (κ1) is 15.3. The molecular weight excluding hydrogens is 382 g/mol. The zero-order chi connectivity index (χ0) is 14.9. The molecule has 0 aliphatic rings. The van der Waals surface area contributed by atoms with E-state index >= 15 is 0 Å². The molecular formula is C16H15Br2NO. The lowest BCUT2D eigenvalue weighted by atomic mass is 10.1. The van der Waals surface area contributed by atoms with Crippen LogP contribution in [0.5, 0.6) is 0 Å². The molecule has 0 aliphatic carbocycles. The van der Waals surface area contributed by atoms with E-state index < -0.39 is 0 Å². The minimum atomic E-state index is -0.109. The molecule has 1 amide bonds. The Bertz CT molecular complexity index is 637. The van der Waals surface area contributed by atoms with Crippen LogP contribution in [0.15, 0.2) is 39.3 Å². The average molecular weight is 397 g/mol. The molecule has 0 atom stereocenters. The highest BCUT2D eigenvalue weighted by molar-refractivity contribution is 9.10. The molecule has 1 N–H and O–H groups in total. The SMILES string of the molecule is Cc1cc(Br)cc(C(=O)Nc2c(C)cc(C)cc2Br)c1. The number of amides is 1. The third-order valence-corrected chi connectivity index (χ3v) is 4.06. The van der Waals surface area contributed by atoms with E-state index in [1.165, 1.54) is 0 Å². The summed E-state index contributed by atoms with van der Waals surface area (Å²) in [6.07, 6.45) is 0. The van der Waals surface area contributed by atoms with Gasteiger partial charge in [0.1, 0.15) is 0 Å². The molecule has 2 aromatic rings. The summed E-state index contributed by atoms with van der Waals surface area (Å²) in [5, 5.41) is 2.97. The highest BCUT2D eigenvalue weighted by Crippen LogP contribution is 2.28. The fourth-order valence-corrected chi connectivity index (χ4v) is 3.51. The standard InChI is InChI=1S/C16H15Br2NO/c1-9-4-11(3)15(14(18)7-9)19-16(20)12-5-10(2)6-13(17)8-12/h4-8H,1-3H3,(H,19,20). The van der Waals surface area contributed by atoms with Gasteiger partial charge in [-0.05, 0) is 77.7 Å². The van der Waals surface area contributed by atoms with Gasteiger partial charge in [-0.2, -0.15) is 0 Å². The molecule has 0 radical (unpaired) electrons. The Labute approximate surface area is 135 Å². The lowest BCUT2D eigenvalue weighted by molar-refractivity contribution is 0.102. The molecule has 0 aliphatic heterocycles. The number of hydrogen-bond acceptors (Lipinski definition) is 1. The summed E-state index contributed by atoms with van der Waals surface area (Å²) in [6, 6.07) is 9.71. The Hall–Kier alpha value is -1.13. The van der Waals surface area contributed by atoms with Crippen molar-refractivity contribution >= 4 is 43.5 Å². The van der Waals surface area contributed by atoms with Gasteiger partial charge in [0.05, 0.1) is 5.69 Å². The highest BCUT2D eigenvalue weighted by atomic mass is 79.9. The monoisotopic (exact) mass is 395 g/mol. The van der Waals surface area contributed by atoms with Gasteiger partial charge in [-0.15, -0.1) is 0 Å². The molecule has 2 nitrogen and oxygen atoms in total. The number of carbonyl (C=O) groups is 1. The number of nitrogens with one attached hydrogen (secondary N) is 1. The number of benzene rings is 2. The van der Waals surface area contributed by atoms with Crippen LogP contribution >= 0.6 is 31.9 Å². The van der Waals surface area contributed by atoms with Crippen LogP contribution in [0.25, 0.3) is 0 Å². The van der Waals surface area contributed by atoms with Crippen LogP contribution in [0.3, 0.4) is 0 Å². The Morgan fingerprint density at radius 1 is 0.950 bits per heavy atom. The van der Waals surface area contributed by atoms with Crippen molar-refractivity contribution in [3.05, 3.63) is 61.5 Å². The summed E-state index contributed by atoms with van der Waals surface area (Å²) in [7, 11) is 0. The second-order valence-corrected chi connectivity index (χ2v) is 6.68. The van der Waals surface area contributed by atoms with Crippen LogP contribution in [0, 0.1) is 20.8 Å². The number of hydrogen-bond donors (Lipinski definition) is 1. The number of halogens is 2. The van der Waals surface area contributed by atoms with Gasteiger partial charge in [0.15, 0.2) is 0 Å². The minimum absolute atomic E-state index is 0.109. The quantitative estimate of drug-likeness (QED) is 0.724. The topological polar surface area (TPSA) is 29.1 Å². The van der Waals surface area contributed by atoms with E-state index in [2.05, 4.69) is 37.2 Å². The molecule has 2 rings (SSSR count). The van der Waals surface area contributed by atoms with Crippen molar-refractivity contribution in [3.63, 3.8) is 0 Å². The van der Waals surface area contributed by atoms with Gasteiger partial charge in [0.2, 0.25) is 0 Å². The maximum absolute atomic E-state index is 12.4. The second kappa shape index (κ2) is 6.10. The van der Waals surface area contributed by atoms with E-state index in [9.17, 15) is 4.79 Å². The molecule has 0 aromatic heterocycles. The third kappa shape index (κ3) is 3.49. The predicted molar refractivity (Wildman–Crippen MR) is 90.4 cm³/mol. The van der Waals surface area contributed by atoms with E-state index in [4.69, 9.17) is 0 Å². The van der Waals surface area contributed by atoms with E-state index in [-0.39, 0.29) is 5.91 Å². The fourth-order valence-electron chi connectivity index (χ4n) is 2.13. The summed E-state index contributed by atoms with van der Waals surface area (Å²) >= 11 is 6.92. The van der Waals surface area contributed by atoms with E-state index in [1.54, 1.807) is 0 Å². The van der Waals surface area contributed by atoms with Crippen molar-refractivity contribution in [2.24, 2.45) is 0 Å². The maximum Gasteiger partial charge on any atom is 0.255 e. The Kier molecular flexibility index (Phi) is 4.66. The maximum atomic E-state index is 12.4. The molecule has 104 valence electrons. The Balaban J connectivity index is 2.32. The van der Waals surface area contributed by atoms with Gasteiger partial charge in [0, 0.05) is 14.5 Å². The summed E-state index contributed by atoms with van der Waals surface area (Å²) in [6.45, 7) is 5.98. The smallest absolute Gasteiger partial charge is 0.255 e. The van der Waals surface area contributed by atoms with E-state index in [1.807, 2.05) is 51.1 Å². The normalized spacial score (nSPS) is 10.4. The average Bonchev–Trinajstić information content (AvgIpc) is 2.32. The zero-order valence-corrected chi connectivity index (χ0v) is 14.7. The molecule has 2 aromatic carbocycles. The molecule has 0 unspecified atom stereocenters. The van der Waals surface area contributed by atoms with Crippen molar-refractivity contribution in [3.8, 4) is 0 Å². The van der Waals surface area contributed by atoms with Crippen LogP contribution in [0.4, 0.5) is 5.69 Å². The van der Waals surface area contributed by atoms with Crippen LogP contribution in [0.2, 0.25) is 0 Å². The number of aryl methyl sites for hydroxylation is 3. The van der Waals surface area contributed by atoms with Crippen molar-refractivity contribution in [1.29, 1.82) is 0 Å². The van der Waals surface area contributed by atoms with Gasteiger partial charge in [-0.3, -0.25) is 4.79 Å². The van der Waals surface area contributed by atoms with Gasteiger partial charge in [-0.1, -0.05) is 22.0 Å². The molecule has 20 heavy (non-hydrogen) atoms. The Morgan fingerprint density at radius 2 is 1.60 bits per heavy atom. The number of anilines is 1. The minimum Gasteiger partial charge on any atom is -0.321 e. The molecule has 0 fully saturated rings. The first-order valence-corrected chi connectivity index (χ1v) is 7.80. The molecule has 0 saturated carbocycles. The van der Waals surface area contributed by atoms with Crippen LogP contribution in [-0.4, -0.2) is 5.91 Å². The van der Waals surface area contributed by atoms with Gasteiger partial charge < -0.3 is 5.32 Å². The lowest BCUT2D eigenvalue weighted by Crippen LogP contribution is -2.13. The molecule has 0 spiro atoms. The first-order valence-electron chi connectivity index (χ1n) is 6.22. The summed E-state index contributed by atoms with van der Waals surface area (Å²) in [5.74, 6) is -0.109. The predicted octanol–water partition coefficient (Wildman–Crippen LogP) is 5.39. The van der Waals surface area contributed by atoms with Gasteiger partial charge in [0.25, 0.3) is 5.91 Å². The van der Waals surface area contributed by atoms with Crippen molar-refractivity contribution in [2.75, 3.05) is 5.32 Å². The summed E-state index contributed by atoms with van der Waals surface area (Å²) < 4.78 is 1.80. The highest BCUT2D eigenvalue weighted by Gasteiger charge is 2.12. The van der Waals surface area contributed by atoms with Crippen LogP contribution in [-0.2, 0) is 0 Å². The number of rotatable bonds is 2. The van der Waals surface area contributed by atoms with Crippen LogP contribution < -0.4 is 5.32 Å². The lowest BCUT2D eigenvalue weighted by Gasteiger charge is -2.12. The van der Waals surface area contributed by atoms with E-state index in [0.29, 0.717) is 5.56 Å². The molecule has 0 saturated heterocycles. The van der Waals surface area contributed by atoms with Gasteiger partial charge in [-0.25, -0.2) is 0 Å². The second-order valence-electron chi connectivity index (χ2n) is 4.91. The molecule has 4 heteroatoms. The largest absolute Gasteiger partial charge is 0.321 e. The third-order valence-electron chi connectivity index (χ3n) is 2.97. The van der Waals surface area contributed by atoms with Crippen molar-refractivity contribution < 1.29 is 4.79 Å². The van der Waals surface area contributed by atoms with Crippen molar-refractivity contribution in [1.82, 2.24) is 0 Å². The van der Waals surface area contributed by atoms with E-state index in [0.717, 1.165) is 31.3 Å². The van der Waals surface area contributed by atoms with Crippen molar-refractivity contribution in [2.45, 2.75) is 20.8 Å². The zero-order valence-electron chi connectivity index (χ0n) is 11.6. The number of carbonyl (C=O) groups excluding carboxylic acids is 1. The molecule has 0 bridgehead atoms. The Morgan fingerprint density at radius 3 is 2.20 bits per heavy atom. The fraction of sp³-hybridized carbons (Fsp3) is 0.188. The first-order chi connectivity index (χ1) is 9.36. The van der Waals surface area contributed by atoms with Crippen LogP contribution in [0.1, 0.15) is 27.0 Å². The summed E-state index contributed by atoms with van der Waals surface area (Å²) in [4.78, 5) is 12.4. The summed E-state index contributed by atoms with van der Waals surface area (Å²) in [5.41, 5.74) is 4.70. The molecule has 0 heterocycles. The van der Waals surface area contributed by atoms with Gasteiger partial charge >= 0.3 is 0 Å².